The topological polar surface area (TPSA) is 24.1 Å². The van der Waals surface area contributed by atoms with Crippen molar-refractivity contribution in [3.8, 4) is 0 Å². The summed E-state index contributed by atoms with van der Waals surface area (Å²) in [6.45, 7) is 2.06. The third-order valence-electron chi connectivity index (χ3n) is 0.314. The van der Waals surface area contributed by atoms with E-state index in [1.54, 1.807) is 0 Å². The normalized spacial score (nSPS) is 9.00. The maximum atomic E-state index is 2.97. The predicted octanol–water partition coefficient (Wildman–Crippen LogP) is 0.866. The van der Waals surface area contributed by atoms with Gasteiger partial charge in [0.25, 0.3) is 0 Å². The van der Waals surface area contributed by atoms with Crippen molar-refractivity contribution in [1.29, 1.82) is 0 Å². The Kier molecular flexibility index (Phi) is 7.85. The average molecular weight is 312 g/mol. The summed E-state index contributed by atoms with van der Waals surface area (Å²) in [6, 6.07) is 0. The molecule has 0 saturated heterocycles. The molecule has 6 heavy (non-hydrogen) atoms. The van der Waals surface area contributed by atoms with Gasteiger partial charge in [0.1, 0.15) is 0 Å². The average Bonchev–Trinajstić information content (AvgIpc) is 1.61. The lowest BCUT2D eigenvalue weighted by atomic mass is 10.7. The van der Waals surface area contributed by atoms with Crippen molar-refractivity contribution in [2.24, 2.45) is 0 Å². The van der Waals surface area contributed by atoms with Gasteiger partial charge in [-0.3, -0.25) is 7.06 Å². The minimum Gasteiger partial charge on any atom is -0.260 e. The molecule has 0 aliphatic heterocycles. The van der Waals surface area contributed by atoms with Gasteiger partial charge in [0.15, 0.2) is 0 Å². The summed E-state index contributed by atoms with van der Waals surface area (Å²) in [6.07, 6.45) is 0. The van der Waals surface area contributed by atoms with Crippen LogP contribution < -0.4 is 7.06 Å². The van der Waals surface area contributed by atoms with Crippen LogP contribution in [0, 0.1) is 0 Å². The second-order valence-electron chi connectivity index (χ2n) is 0.767. The van der Waals surface area contributed by atoms with Crippen LogP contribution in [0.3, 0.4) is 0 Å². The van der Waals surface area contributed by atoms with Gasteiger partial charge in [-0.25, -0.2) is 0 Å². The molecule has 0 unspecified atom stereocenters. The number of halogens is 2. The van der Waals surface area contributed by atoms with E-state index in [4.69, 9.17) is 0 Å². The molecule has 0 bridgehead atoms. The van der Waals surface area contributed by atoms with Crippen LogP contribution in [0.1, 0.15) is 0 Å². The summed E-state index contributed by atoms with van der Waals surface area (Å²) < 4.78 is 5.94. The monoisotopic (exact) mass is 312 g/mol. The van der Waals surface area contributed by atoms with Gasteiger partial charge in [-0.2, -0.15) is 0 Å². The first kappa shape index (κ1) is 7.38. The number of nitrogens with one attached hydrogen (secondary N) is 2. The molecule has 0 heterocycles. The summed E-state index contributed by atoms with van der Waals surface area (Å²) in [5.74, 6) is 0. The summed E-state index contributed by atoms with van der Waals surface area (Å²) in [4.78, 5) is 0. The highest BCUT2D eigenvalue weighted by Gasteiger charge is 1.73. The Bertz CT molecular complexity index is 21.5. The Morgan fingerprint density at radius 2 is 1.33 bits per heavy atom. The van der Waals surface area contributed by atoms with Gasteiger partial charge in [-0.15, -0.1) is 0 Å². The molecule has 2 N–H and O–H groups in total. The van der Waals surface area contributed by atoms with Gasteiger partial charge in [-0.05, 0) is 0 Å². The molecule has 4 heteroatoms. The van der Waals surface area contributed by atoms with Crippen molar-refractivity contribution < 1.29 is 0 Å². The predicted molar refractivity (Wildman–Crippen MR) is 44.0 cm³/mol. The summed E-state index contributed by atoms with van der Waals surface area (Å²) in [5.41, 5.74) is 0. The molecule has 0 aliphatic rings. The van der Waals surface area contributed by atoms with E-state index in [1.807, 2.05) is 0 Å². The van der Waals surface area contributed by atoms with E-state index >= 15 is 0 Å². The van der Waals surface area contributed by atoms with Crippen molar-refractivity contribution in [3.63, 3.8) is 0 Å². The lowest BCUT2D eigenvalue weighted by Crippen LogP contribution is -2.13. The highest BCUT2D eigenvalue weighted by atomic mass is 127. The van der Waals surface area contributed by atoms with Crippen LogP contribution in [-0.4, -0.2) is 13.1 Å². The zero-order valence-corrected chi connectivity index (χ0v) is 7.49. The van der Waals surface area contributed by atoms with Crippen molar-refractivity contribution in [2.75, 3.05) is 13.1 Å². The Morgan fingerprint density at radius 1 is 1.00 bits per heavy atom. The van der Waals surface area contributed by atoms with Gasteiger partial charge in [0.05, 0.1) is 0 Å². The molecule has 2 nitrogen and oxygen atoms in total. The second-order valence-corrected chi connectivity index (χ2v) is 2.29. The zero-order chi connectivity index (χ0) is 4.83. The van der Waals surface area contributed by atoms with Crippen LogP contribution in [0.15, 0.2) is 0 Å². The molecule has 0 atom stereocenters. The van der Waals surface area contributed by atoms with Crippen molar-refractivity contribution in [2.45, 2.75) is 0 Å². The van der Waals surface area contributed by atoms with Gasteiger partial charge < -0.3 is 0 Å². The molecule has 0 amide bonds. The molecule has 0 saturated carbocycles. The first-order chi connectivity index (χ1) is 2.91. The third-order valence-corrected chi connectivity index (χ3v) is 1.39. The van der Waals surface area contributed by atoms with E-state index in [9.17, 15) is 0 Å². The Labute approximate surface area is 65.4 Å². The summed E-state index contributed by atoms with van der Waals surface area (Å²) in [5, 5.41) is 0. The molecule has 0 aliphatic carbocycles. The lowest BCUT2D eigenvalue weighted by molar-refractivity contribution is 0.911. The molecule has 0 aromatic heterocycles. The number of rotatable bonds is 3. The molecule has 0 spiro atoms. The third kappa shape index (κ3) is 5.38. The molecule has 0 rings (SSSR count). The lowest BCUT2D eigenvalue weighted by Gasteiger charge is -1.89. The van der Waals surface area contributed by atoms with E-state index in [-0.39, 0.29) is 0 Å². The zero-order valence-electron chi connectivity index (χ0n) is 3.17. The van der Waals surface area contributed by atoms with Crippen molar-refractivity contribution >= 4 is 45.7 Å². The minimum absolute atomic E-state index is 1.03. The van der Waals surface area contributed by atoms with Crippen LogP contribution in [0.2, 0.25) is 0 Å². The first-order valence-electron chi connectivity index (χ1n) is 1.59. The van der Waals surface area contributed by atoms with Crippen molar-refractivity contribution in [3.05, 3.63) is 0 Å². The SMILES string of the molecule is INCCNI. The van der Waals surface area contributed by atoms with Gasteiger partial charge in [-0.1, -0.05) is 0 Å². The molecular weight excluding hydrogens is 306 g/mol. The Morgan fingerprint density at radius 3 is 1.50 bits per heavy atom. The van der Waals surface area contributed by atoms with E-state index in [1.165, 1.54) is 0 Å². The van der Waals surface area contributed by atoms with Gasteiger partial charge >= 0.3 is 0 Å². The van der Waals surface area contributed by atoms with Gasteiger partial charge in [0, 0.05) is 58.8 Å². The maximum Gasteiger partial charge on any atom is 0.0184 e. The van der Waals surface area contributed by atoms with Crippen LogP contribution >= 0.6 is 45.7 Å². The Hall–Kier alpha value is 1.38. The van der Waals surface area contributed by atoms with Crippen molar-refractivity contribution in [1.82, 2.24) is 7.06 Å². The molecular formula is C2H6I2N2. The number of hydrogen-bond acceptors (Lipinski definition) is 2. The fourth-order valence-electron chi connectivity index (χ4n) is 0.0945. The minimum atomic E-state index is 1.03. The van der Waals surface area contributed by atoms with Gasteiger partial charge in [0.2, 0.25) is 0 Å². The molecule has 0 aromatic rings. The van der Waals surface area contributed by atoms with Crippen LogP contribution in [0.4, 0.5) is 0 Å². The van der Waals surface area contributed by atoms with Crippen LogP contribution in [-0.2, 0) is 0 Å². The highest BCUT2D eigenvalue weighted by molar-refractivity contribution is 14.1. The van der Waals surface area contributed by atoms with Crippen LogP contribution in [0.5, 0.6) is 0 Å². The molecule has 38 valence electrons. The smallest absolute Gasteiger partial charge is 0.0184 e. The van der Waals surface area contributed by atoms with E-state index in [2.05, 4.69) is 52.8 Å². The fourth-order valence-corrected chi connectivity index (χ4v) is 0.634. The highest BCUT2D eigenvalue weighted by Crippen LogP contribution is 1.68. The fraction of sp³-hybridized carbons (Fsp3) is 1.00. The number of hydrogen-bond donors (Lipinski definition) is 2. The quantitative estimate of drug-likeness (QED) is 0.459. The molecule has 0 radical (unpaired) electrons. The summed E-state index contributed by atoms with van der Waals surface area (Å²) in [7, 11) is 0. The maximum absolute atomic E-state index is 2.97. The van der Waals surface area contributed by atoms with E-state index in [0.717, 1.165) is 13.1 Å². The van der Waals surface area contributed by atoms with E-state index < -0.39 is 0 Å². The Balaban J connectivity index is 2.34. The van der Waals surface area contributed by atoms with Crippen LogP contribution in [0.25, 0.3) is 0 Å². The molecule has 0 aromatic carbocycles. The largest absolute Gasteiger partial charge is 0.260 e. The standard InChI is InChI=1S/C2H6I2N2/c3-5-1-2-6-4/h5-6H,1-2H2. The summed E-state index contributed by atoms with van der Waals surface area (Å²) >= 11 is 4.23. The molecule has 0 fully saturated rings. The first-order valence-corrected chi connectivity index (χ1v) is 3.74. The second kappa shape index (κ2) is 6.38. The van der Waals surface area contributed by atoms with E-state index in [0.29, 0.717) is 0 Å².